The van der Waals surface area contributed by atoms with Crippen LogP contribution >= 0.6 is 27.5 Å². The lowest BCUT2D eigenvalue weighted by atomic mass is 9.94. The topological polar surface area (TPSA) is 80.9 Å². The first-order valence-electron chi connectivity index (χ1n) is 5.76. The van der Waals surface area contributed by atoms with Gasteiger partial charge in [-0.05, 0) is 58.4 Å². The van der Waals surface area contributed by atoms with Gasteiger partial charge in [0.1, 0.15) is 0 Å². The largest absolute Gasteiger partial charge is 0.481 e. The minimum Gasteiger partial charge on any atom is -0.481 e. The number of aliphatic carboxylic acids is 1. The number of carboxylic acids is 1. The summed E-state index contributed by atoms with van der Waals surface area (Å²) in [4.78, 5) is 11.2. The SMILES string of the molecule is CC(C)(Cn1nnnc1-c1ccc(Cl)cc1Br)C(=O)O. The molecule has 0 spiro atoms. The second-order valence-electron chi connectivity index (χ2n) is 4.97. The molecule has 0 saturated carbocycles. The number of halogens is 2. The van der Waals surface area contributed by atoms with Crippen LogP contribution in [0.3, 0.4) is 0 Å². The van der Waals surface area contributed by atoms with Gasteiger partial charge in [0.2, 0.25) is 0 Å². The summed E-state index contributed by atoms with van der Waals surface area (Å²) < 4.78 is 2.22. The summed E-state index contributed by atoms with van der Waals surface area (Å²) in [6.45, 7) is 3.41. The minimum atomic E-state index is -0.969. The predicted molar refractivity (Wildman–Crippen MR) is 77.4 cm³/mol. The molecule has 0 aliphatic heterocycles. The third-order valence-electron chi connectivity index (χ3n) is 2.83. The molecule has 106 valence electrons. The summed E-state index contributed by atoms with van der Waals surface area (Å²) in [5, 5.41) is 21.2. The van der Waals surface area contributed by atoms with Crippen LogP contribution in [0.1, 0.15) is 13.8 Å². The highest BCUT2D eigenvalue weighted by Gasteiger charge is 2.29. The molecule has 0 saturated heterocycles. The van der Waals surface area contributed by atoms with Crippen LogP contribution in [0.25, 0.3) is 11.4 Å². The van der Waals surface area contributed by atoms with E-state index in [4.69, 9.17) is 11.6 Å². The van der Waals surface area contributed by atoms with Gasteiger partial charge in [-0.2, -0.15) is 0 Å². The molecule has 8 heteroatoms. The molecule has 1 heterocycles. The van der Waals surface area contributed by atoms with Gasteiger partial charge in [0.15, 0.2) is 5.82 Å². The monoisotopic (exact) mass is 358 g/mol. The Morgan fingerprint density at radius 1 is 1.50 bits per heavy atom. The Bertz CT molecular complexity index is 657. The average molecular weight is 360 g/mol. The van der Waals surface area contributed by atoms with E-state index in [9.17, 15) is 9.90 Å². The number of benzene rings is 1. The highest BCUT2D eigenvalue weighted by Crippen LogP contribution is 2.30. The van der Waals surface area contributed by atoms with E-state index in [1.54, 1.807) is 32.0 Å². The van der Waals surface area contributed by atoms with E-state index in [1.165, 1.54) is 4.68 Å². The summed E-state index contributed by atoms with van der Waals surface area (Å²) >= 11 is 9.30. The van der Waals surface area contributed by atoms with Gasteiger partial charge in [-0.15, -0.1) is 5.10 Å². The van der Waals surface area contributed by atoms with Crippen molar-refractivity contribution in [2.45, 2.75) is 20.4 Å². The van der Waals surface area contributed by atoms with E-state index in [-0.39, 0.29) is 6.54 Å². The van der Waals surface area contributed by atoms with Gasteiger partial charge in [-0.1, -0.05) is 11.6 Å². The zero-order valence-corrected chi connectivity index (χ0v) is 13.2. The Morgan fingerprint density at radius 3 is 2.80 bits per heavy atom. The van der Waals surface area contributed by atoms with E-state index < -0.39 is 11.4 Å². The van der Waals surface area contributed by atoms with E-state index in [2.05, 4.69) is 31.5 Å². The number of tetrazole rings is 1. The first-order chi connectivity index (χ1) is 9.31. The lowest BCUT2D eigenvalue weighted by Crippen LogP contribution is -2.30. The third-order valence-corrected chi connectivity index (χ3v) is 3.72. The first kappa shape index (κ1) is 14.9. The summed E-state index contributed by atoms with van der Waals surface area (Å²) in [5.41, 5.74) is -0.219. The van der Waals surface area contributed by atoms with Crippen molar-refractivity contribution in [3.8, 4) is 11.4 Å². The van der Waals surface area contributed by atoms with Gasteiger partial charge in [0, 0.05) is 15.1 Å². The molecule has 20 heavy (non-hydrogen) atoms. The fraction of sp³-hybridized carbons (Fsp3) is 0.333. The van der Waals surface area contributed by atoms with Crippen molar-refractivity contribution in [2.75, 3.05) is 0 Å². The van der Waals surface area contributed by atoms with Gasteiger partial charge < -0.3 is 5.11 Å². The molecule has 1 aromatic heterocycles. The van der Waals surface area contributed by atoms with Crippen LogP contribution in [-0.4, -0.2) is 31.3 Å². The number of rotatable bonds is 4. The molecule has 0 unspecified atom stereocenters. The Morgan fingerprint density at radius 2 is 2.20 bits per heavy atom. The molecule has 1 aromatic carbocycles. The quantitative estimate of drug-likeness (QED) is 0.908. The van der Waals surface area contributed by atoms with Crippen molar-refractivity contribution in [2.24, 2.45) is 5.41 Å². The zero-order chi connectivity index (χ0) is 14.9. The van der Waals surface area contributed by atoms with E-state index in [1.807, 2.05) is 0 Å². The molecule has 0 radical (unpaired) electrons. The number of nitrogens with zero attached hydrogens (tertiary/aromatic N) is 4. The molecule has 0 amide bonds. The maximum atomic E-state index is 11.2. The first-order valence-corrected chi connectivity index (χ1v) is 6.93. The van der Waals surface area contributed by atoms with Crippen molar-refractivity contribution < 1.29 is 9.90 Å². The number of carbonyl (C=O) groups is 1. The highest BCUT2D eigenvalue weighted by molar-refractivity contribution is 9.10. The van der Waals surface area contributed by atoms with Crippen LogP contribution in [0.5, 0.6) is 0 Å². The second-order valence-corrected chi connectivity index (χ2v) is 6.26. The molecule has 0 atom stereocenters. The maximum absolute atomic E-state index is 11.2. The van der Waals surface area contributed by atoms with Gasteiger partial charge in [0.25, 0.3) is 0 Å². The fourth-order valence-corrected chi connectivity index (χ4v) is 2.48. The number of hydrogen-bond acceptors (Lipinski definition) is 4. The number of carboxylic acid groups (broad SMARTS) is 1. The molecule has 2 aromatic rings. The number of aromatic nitrogens is 4. The lowest BCUT2D eigenvalue weighted by Gasteiger charge is -2.19. The summed E-state index contributed by atoms with van der Waals surface area (Å²) in [6, 6.07) is 5.24. The maximum Gasteiger partial charge on any atom is 0.310 e. The molecule has 2 rings (SSSR count). The van der Waals surface area contributed by atoms with Crippen molar-refractivity contribution in [1.29, 1.82) is 0 Å². The molecule has 0 fully saturated rings. The van der Waals surface area contributed by atoms with Crippen molar-refractivity contribution in [1.82, 2.24) is 20.2 Å². The van der Waals surface area contributed by atoms with Gasteiger partial charge in [-0.3, -0.25) is 4.79 Å². The van der Waals surface area contributed by atoms with E-state index >= 15 is 0 Å². The van der Waals surface area contributed by atoms with Crippen LogP contribution in [0.2, 0.25) is 5.02 Å². The standard InChI is InChI=1S/C12H12BrClN4O2/c1-12(2,11(19)20)6-18-10(15-16-17-18)8-4-3-7(14)5-9(8)13/h3-5H,6H2,1-2H3,(H,19,20). The smallest absolute Gasteiger partial charge is 0.310 e. The van der Waals surface area contributed by atoms with Crippen molar-refractivity contribution >= 4 is 33.5 Å². The minimum absolute atomic E-state index is 0.166. The highest BCUT2D eigenvalue weighted by atomic mass is 79.9. The van der Waals surface area contributed by atoms with Gasteiger partial charge in [0.05, 0.1) is 12.0 Å². The Kier molecular flexibility index (Phi) is 4.10. The van der Waals surface area contributed by atoms with E-state index in [0.29, 0.717) is 10.8 Å². The van der Waals surface area contributed by atoms with Crippen LogP contribution < -0.4 is 0 Å². The molecule has 1 N–H and O–H groups in total. The van der Waals surface area contributed by atoms with Crippen molar-refractivity contribution in [3.05, 3.63) is 27.7 Å². The fourth-order valence-electron chi connectivity index (χ4n) is 1.62. The Hall–Kier alpha value is -1.47. The molecular formula is C12H12BrClN4O2. The molecule has 0 bridgehead atoms. The normalized spacial score (nSPS) is 11.6. The molecule has 6 nitrogen and oxygen atoms in total. The Labute approximate surface area is 128 Å². The van der Waals surface area contributed by atoms with Crippen molar-refractivity contribution in [3.63, 3.8) is 0 Å². The lowest BCUT2D eigenvalue weighted by molar-refractivity contribution is -0.147. The second kappa shape index (κ2) is 5.49. The van der Waals surface area contributed by atoms with Crippen LogP contribution in [0, 0.1) is 5.41 Å². The zero-order valence-electron chi connectivity index (χ0n) is 10.8. The van der Waals surface area contributed by atoms with Gasteiger partial charge >= 0.3 is 5.97 Å². The van der Waals surface area contributed by atoms with Crippen LogP contribution in [0.4, 0.5) is 0 Å². The molecule has 0 aliphatic rings. The van der Waals surface area contributed by atoms with Crippen LogP contribution in [0.15, 0.2) is 22.7 Å². The number of hydrogen-bond donors (Lipinski definition) is 1. The summed E-state index contributed by atoms with van der Waals surface area (Å²) in [5.74, 6) is -0.419. The molecular weight excluding hydrogens is 348 g/mol. The van der Waals surface area contributed by atoms with Crippen LogP contribution in [-0.2, 0) is 11.3 Å². The average Bonchev–Trinajstić information content (AvgIpc) is 2.76. The summed E-state index contributed by atoms with van der Waals surface area (Å²) in [6.07, 6.45) is 0. The van der Waals surface area contributed by atoms with E-state index in [0.717, 1.165) is 10.0 Å². The molecule has 0 aliphatic carbocycles. The van der Waals surface area contributed by atoms with Gasteiger partial charge in [-0.25, -0.2) is 4.68 Å². The summed E-state index contributed by atoms with van der Waals surface area (Å²) in [7, 11) is 0. The predicted octanol–water partition coefficient (Wildman–Crippen LogP) is 2.87. The third kappa shape index (κ3) is 2.99. The Balaban J connectivity index is 2.41.